The molecule has 1 saturated heterocycles. The highest BCUT2D eigenvalue weighted by molar-refractivity contribution is 7.90. The van der Waals surface area contributed by atoms with Crippen molar-refractivity contribution in [3.8, 4) is 0 Å². The number of aromatic nitrogens is 2. The van der Waals surface area contributed by atoms with E-state index in [0.29, 0.717) is 5.02 Å². The fraction of sp³-hybridized carbons (Fsp3) is 0.529. The van der Waals surface area contributed by atoms with Gasteiger partial charge >= 0.3 is 0 Å². The number of hydrogen-bond acceptors (Lipinski definition) is 5. The zero-order chi connectivity index (χ0) is 17.6. The van der Waals surface area contributed by atoms with Gasteiger partial charge in [-0.05, 0) is 43.9 Å². The van der Waals surface area contributed by atoms with Crippen molar-refractivity contribution in [3.63, 3.8) is 0 Å². The summed E-state index contributed by atoms with van der Waals surface area (Å²) >= 11 is 5.98. The number of benzene rings is 1. The molecule has 134 valence electrons. The van der Waals surface area contributed by atoms with Crippen LogP contribution in [0.4, 0.5) is 5.82 Å². The van der Waals surface area contributed by atoms with Crippen molar-refractivity contribution in [2.75, 3.05) is 25.0 Å². The number of piperidine rings is 1. The number of fused-ring (bicyclic) bond motifs is 1. The van der Waals surface area contributed by atoms with E-state index < -0.39 is 10.0 Å². The molecule has 0 spiro atoms. The summed E-state index contributed by atoms with van der Waals surface area (Å²) in [6.07, 6.45) is 5.00. The first-order valence-electron chi connectivity index (χ1n) is 8.59. The van der Waals surface area contributed by atoms with E-state index in [1.54, 1.807) is 23.6 Å². The van der Waals surface area contributed by atoms with E-state index >= 15 is 0 Å². The van der Waals surface area contributed by atoms with Crippen molar-refractivity contribution < 1.29 is 8.42 Å². The third-order valence-electron chi connectivity index (χ3n) is 5.14. The summed E-state index contributed by atoms with van der Waals surface area (Å²) in [6.45, 7) is 1.56. The van der Waals surface area contributed by atoms with Crippen LogP contribution < -0.4 is 4.90 Å². The lowest BCUT2D eigenvalue weighted by Crippen LogP contribution is -2.46. The largest absolute Gasteiger partial charge is 0.355 e. The first-order valence-corrected chi connectivity index (χ1v) is 10.5. The van der Waals surface area contributed by atoms with E-state index in [1.165, 1.54) is 0 Å². The Balaban J connectivity index is 1.45. The molecule has 0 radical (unpaired) electrons. The quantitative estimate of drug-likeness (QED) is 0.815. The number of rotatable bonds is 4. The number of anilines is 1. The molecule has 0 bridgehead atoms. The Labute approximate surface area is 152 Å². The van der Waals surface area contributed by atoms with Gasteiger partial charge < -0.3 is 4.90 Å². The van der Waals surface area contributed by atoms with Gasteiger partial charge in [0.15, 0.2) is 0 Å². The minimum absolute atomic E-state index is 0.0778. The minimum atomic E-state index is -3.11. The van der Waals surface area contributed by atoms with E-state index in [0.717, 1.165) is 55.6 Å². The van der Waals surface area contributed by atoms with Crippen LogP contribution in [0.3, 0.4) is 0 Å². The van der Waals surface area contributed by atoms with Crippen molar-refractivity contribution in [2.45, 2.75) is 37.0 Å². The number of sulfonamides is 1. The number of hydrogen-bond donors (Lipinski definition) is 0. The third kappa shape index (κ3) is 3.32. The highest BCUT2D eigenvalue weighted by Gasteiger charge is 2.41. The molecule has 25 heavy (non-hydrogen) atoms. The summed E-state index contributed by atoms with van der Waals surface area (Å²) in [7, 11) is -1.38. The lowest BCUT2D eigenvalue weighted by molar-refractivity contribution is 0.311. The van der Waals surface area contributed by atoms with Crippen LogP contribution in [0.25, 0.3) is 11.0 Å². The first kappa shape index (κ1) is 17.0. The van der Waals surface area contributed by atoms with Gasteiger partial charge in [0, 0.05) is 31.2 Å². The van der Waals surface area contributed by atoms with Crippen LogP contribution in [-0.4, -0.2) is 54.1 Å². The van der Waals surface area contributed by atoms with Crippen LogP contribution in [-0.2, 0) is 10.0 Å². The minimum Gasteiger partial charge on any atom is -0.355 e. The fourth-order valence-corrected chi connectivity index (χ4v) is 5.39. The average Bonchev–Trinajstić information content (AvgIpc) is 3.46. The summed E-state index contributed by atoms with van der Waals surface area (Å²) in [4.78, 5) is 11.3. The van der Waals surface area contributed by atoms with Gasteiger partial charge in [-0.15, -0.1) is 0 Å². The Kier molecular flexibility index (Phi) is 4.33. The summed E-state index contributed by atoms with van der Waals surface area (Å²) in [5, 5.41) is 0.504. The highest BCUT2D eigenvalue weighted by Crippen LogP contribution is 2.33. The zero-order valence-electron chi connectivity index (χ0n) is 14.1. The van der Waals surface area contributed by atoms with Crippen molar-refractivity contribution in [1.82, 2.24) is 14.3 Å². The summed E-state index contributed by atoms with van der Waals surface area (Å²) in [5.41, 5.74) is 1.60. The molecule has 1 aromatic carbocycles. The third-order valence-corrected chi connectivity index (χ3v) is 7.79. The summed E-state index contributed by atoms with van der Waals surface area (Å²) in [5.74, 6) is 0.834. The lowest BCUT2D eigenvalue weighted by Gasteiger charge is -2.36. The molecule has 1 aliphatic carbocycles. The Morgan fingerprint density at radius 1 is 1.16 bits per heavy atom. The molecule has 6 nitrogen and oxygen atoms in total. The second-order valence-corrected chi connectivity index (χ2v) is 9.55. The van der Waals surface area contributed by atoms with Gasteiger partial charge in [0.25, 0.3) is 0 Å². The molecule has 2 fully saturated rings. The zero-order valence-corrected chi connectivity index (χ0v) is 15.7. The summed E-state index contributed by atoms with van der Waals surface area (Å²) in [6, 6.07) is 5.56. The molecule has 0 unspecified atom stereocenters. The summed E-state index contributed by atoms with van der Waals surface area (Å²) < 4.78 is 26.4. The maximum atomic E-state index is 12.4. The first-order chi connectivity index (χ1) is 11.9. The molecule has 0 N–H and O–H groups in total. The second kappa shape index (κ2) is 6.37. The highest BCUT2D eigenvalue weighted by atomic mass is 35.5. The molecule has 1 aromatic heterocycles. The Hall–Kier alpha value is -1.44. The average molecular weight is 381 g/mol. The normalized spacial score (nSPS) is 19.7. The standard InChI is InChI=1S/C17H21ClN4O2S/c1-21(25(23,24)14-3-4-14)13-6-8-22(9-7-13)17-11-19-16-10-12(18)2-5-15(16)20-17/h2,5,10-11,13-14H,3-4,6-9H2,1H3. The fourth-order valence-electron chi connectivity index (χ4n) is 3.39. The Bertz CT molecular complexity index is 893. The Morgan fingerprint density at radius 2 is 1.88 bits per heavy atom. The van der Waals surface area contributed by atoms with Crippen LogP contribution in [0.2, 0.25) is 5.02 Å². The molecule has 2 aliphatic rings. The molecular weight excluding hydrogens is 360 g/mol. The molecule has 1 aliphatic heterocycles. The SMILES string of the molecule is CN(C1CCN(c2cnc3cc(Cl)ccc3n2)CC1)S(=O)(=O)C1CC1. The van der Waals surface area contributed by atoms with Crippen LogP contribution in [0.15, 0.2) is 24.4 Å². The molecule has 4 rings (SSSR count). The van der Waals surface area contributed by atoms with Crippen LogP contribution in [0.1, 0.15) is 25.7 Å². The smallest absolute Gasteiger partial charge is 0.216 e. The van der Waals surface area contributed by atoms with Gasteiger partial charge in [0.05, 0.1) is 22.5 Å². The van der Waals surface area contributed by atoms with E-state index in [1.807, 2.05) is 12.1 Å². The van der Waals surface area contributed by atoms with Crippen LogP contribution >= 0.6 is 11.6 Å². The van der Waals surface area contributed by atoms with E-state index in [-0.39, 0.29) is 11.3 Å². The lowest BCUT2D eigenvalue weighted by atomic mass is 10.1. The van der Waals surface area contributed by atoms with Crippen molar-refractivity contribution in [1.29, 1.82) is 0 Å². The molecule has 2 heterocycles. The molecule has 0 amide bonds. The maximum absolute atomic E-state index is 12.4. The van der Waals surface area contributed by atoms with Gasteiger partial charge in [-0.25, -0.2) is 17.7 Å². The molecule has 2 aromatic rings. The van der Waals surface area contributed by atoms with Crippen molar-refractivity contribution in [3.05, 3.63) is 29.4 Å². The molecule has 8 heteroatoms. The Morgan fingerprint density at radius 3 is 2.56 bits per heavy atom. The monoisotopic (exact) mass is 380 g/mol. The van der Waals surface area contributed by atoms with Gasteiger partial charge in [0.1, 0.15) is 5.82 Å². The molecule has 0 atom stereocenters. The number of halogens is 1. The van der Waals surface area contributed by atoms with Gasteiger partial charge in [-0.3, -0.25) is 4.98 Å². The molecule has 1 saturated carbocycles. The number of nitrogens with zero attached hydrogens (tertiary/aromatic N) is 4. The van der Waals surface area contributed by atoms with E-state index in [4.69, 9.17) is 11.6 Å². The van der Waals surface area contributed by atoms with Crippen LogP contribution in [0, 0.1) is 0 Å². The topological polar surface area (TPSA) is 66.4 Å². The second-order valence-electron chi connectivity index (χ2n) is 6.84. The predicted molar refractivity (Wildman–Crippen MR) is 99.5 cm³/mol. The van der Waals surface area contributed by atoms with E-state index in [9.17, 15) is 8.42 Å². The predicted octanol–water partition coefficient (Wildman–Crippen LogP) is 2.68. The van der Waals surface area contributed by atoms with Gasteiger partial charge in [0.2, 0.25) is 10.0 Å². The van der Waals surface area contributed by atoms with Crippen LogP contribution in [0.5, 0.6) is 0 Å². The maximum Gasteiger partial charge on any atom is 0.216 e. The van der Waals surface area contributed by atoms with Crippen molar-refractivity contribution >= 4 is 38.5 Å². The van der Waals surface area contributed by atoms with Crippen molar-refractivity contribution in [2.24, 2.45) is 0 Å². The van der Waals surface area contributed by atoms with Gasteiger partial charge in [-0.2, -0.15) is 0 Å². The van der Waals surface area contributed by atoms with Gasteiger partial charge in [-0.1, -0.05) is 11.6 Å². The van der Waals surface area contributed by atoms with E-state index in [2.05, 4.69) is 14.9 Å². The molecular formula is C17H21ClN4O2S.